The highest BCUT2D eigenvalue weighted by Gasteiger charge is 2.50. The molecular formula is C19H28N2O7S. The smallest absolute Gasteiger partial charge is 0.328 e. The number of nitrogens with one attached hydrogen (secondary N) is 2. The first-order valence-corrected chi connectivity index (χ1v) is 10.2. The highest BCUT2D eigenvalue weighted by atomic mass is 32.1. The molecule has 0 saturated heterocycles. The van der Waals surface area contributed by atoms with Gasteiger partial charge in [-0.15, -0.1) is 11.3 Å². The van der Waals surface area contributed by atoms with Crippen LogP contribution < -0.4 is 10.6 Å². The number of esters is 1. The van der Waals surface area contributed by atoms with Gasteiger partial charge in [0.2, 0.25) is 5.91 Å². The Labute approximate surface area is 173 Å². The van der Waals surface area contributed by atoms with Crippen molar-refractivity contribution in [3.05, 3.63) is 22.4 Å². The van der Waals surface area contributed by atoms with Crippen molar-refractivity contribution in [2.75, 3.05) is 7.11 Å². The number of amides is 2. The molecule has 1 aliphatic carbocycles. The van der Waals surface area contributed by atoms with Crippen molar-refractivity contribution in [1.82, 2.24) is 10.6 Å². The van der Waals surface area contributed by atoms with Gasteiger partial charge >= 0.3 is 5.97 Å². The number of methoxy groups -OCH3 is 1. The second-order valence-corrected chi connectivity index (χ2v) is 8.68. The second-order valence-electron chi connectivity index (χ2n) is 7.65. The van der Waals surface area contributed by atoms with Gasteiger partial charge in [0.25, 0.3) is 5.91 Å². The van der Waals surface area contributed by atoms with Crippen molar-refractivity contribution >= 4 is 29.1 Å². The van der Waals surface area contributed by atoms with E-state index in [4.69, 9.17) is 0 Å². The van der Waals surface area contributed by atoms with Gasteiger partial charge in [0.1, 0.15) is 17.7 Å². The third kappa shape index (κ3) is 5.75. The molecule has 10 heteroatoms. The van der Waals surface area contributed by atoms with Crippen molar-refractivity contribution in [2.24, 2.45) is 5.92 Å². The van der Waals surface area contributed by atoms with E-state index in [1.807, 2.05) is 11.4 Å². The standard InChI is InChI=1S/C19H28N2O7S/c1-10(2)15(17(25)28-3)21-18(26)19(27)8-12(16(24)13(22)9-19)20-14(23)7-11-5-4-6-29-11/h4-6,10,12-13,15-16,22,24,27H,7-9H2,1-3H3,(H,20,23)(H,21,26)/t12-,13+,15+,16+,19+/m0/s1. The minimum absolute atomic E-state index is 0.0827. The van der Waals surface area contributed by atoms with Crippen molar-refractivity contribution in [1.29, 1.82) is 0 Å². The van der Waals surface area contributed by atoms with E-state index in [1.54, 1.807) is 19.9 Å². The summed E-state index contributed by atoms with van der Waals surface area (Å²) in [4.78, 5) is 37.7. The molecule has 0 unspecified atom stereocenters. The average Bonchev–Trinajstić information content (AvgIpc) is 3.15. The normalized spacial score (nSPS) is 27.9. The van der Waals surface area contributed by atoms with Gasteiger partial charge < -0.3 is 30.7 Å². The van der Waals surface area contributed by atoms with Crippen LogP contribution in [-0.2, 0) is 25.5 Å². The molecule has 0 radical (unpaired) electrons. The van der Waals surface area contributed by atoms with Crippen LogP contribution in [0.25, 0.3) is 0 Å². The summed E-state index contributed by atoms with van der Waals surface area (Å²) in [6.45, 7) is 3.41. The lowest BCUT2D eigenvalue weighted by Gasteiger charge is -2.42. The Balaban J connectivity index is 2.09. The third-order valence-corrected chi connectivity index (χ3v) is 5.88. The Morgan fingerprint density at radius 1 is 1.31 bits per heavy atom. The van der Waals surface area contributed by atoms with E-state index in [9.17, 15) is 29.7 Å². The fourth-order valence-corrected chi connectivity index (χ4v) is 4.06. The molecule has 0 bridgehead atoms. The molecule has 9 nitrogen and oxygen atoms in total. The highest BCUT2D eigenvalue weighted by Crippen LogP contribution is 2.30. The topological polar surface area (TPSA) is 145 Å². The Morgan fingerprint density at radius 3 is 2.55 bits per heavy atom. The van der Waals surface area contributed by atoms with E-state index < -0.39 is 54.1 Å². The predicted molar refractivity (Wildman–Crippen MR) is 105 cm³/mol. The number of hydrogen-bond donors (Lipinski definition) is 5. The van der Waals surface area contributed by atoms with Gasteiger partial charge in [-0.1, -0.05) is 19.9 Å². The summed E-state index contributed by atoms with van der Waals surface area (Å²) < 4.78 is 4.68. The number of aliphatic hydroxyl groups excluding tert-OH is 2. The maximum Gasteiger partial charge on any atom is 0.328 e. The van der Waals surface area contributed by atoms with E-state index in [1.165, 1.54) is 18.4 Å². The lowest BCUT2D eigenvalue weighted by Crippen LogP contribution is -2.64. The molecular weight excluding hydrogens is 400 g/mol. The summed E-state index contributed by atoms with van der Waals surface area (Å²) in [7, 11) is 1.19. The molecule has 2 rings (SSSR count). The van der Waals surface area contributed by atoms with Crippen LogP contribution in [0.5, 0.6) is 0 Å². The Kier molecular flexibility index (Phi) is 7.75. The zero-order valence-corrected chi connectivity index (χ0v) is 17.4. The molecule has 1 saturated carbocycles. The predicted octanol–water partition coefficient (Wildman–Crippen LogP) is -0.664. The van der Waals surface area contributed by atoms with Crippen LogP contribution in [-0.4, -0.2) is 70.1 Å². The monoisotopic (exact) mass is 428 g/mol. The molecule has 1 aromatic heterocycles. The molecule has 1 aliphatic rings. The number of hydrogen-bond acceptors (Lipinski definition) is 8. The quantitative estimate of drug-likeness (QED) is 0.362. The number of thiophene rings is 1. The first-order valence-electron chi connectivity index (χ1n) is 9.36. The number of ether oxygens (including phenoxy) is 1. The minimum atomic E-state index is -2.07. The number of carbonyl (C=O) groups excluding carboxylic acids is 3. The van der Waals surface area contributed by atoms with E-state index in [0.29, 0.717) is 0 Å². The first-order chi connectivity index (χ1) is 13.6. The van der Waals surface area contributed by atoms with Gasteiger partial charge in [-0.25, -0.2) is 4.79 Å². The van der Waals surface area contributed by atoms with E-state index in [-0.39, 0.29) is 18.8 Å². The first kappa shape index (κ1) is 23.3. The summed E-state index contributed by atoms with van der Waals surface area (Å²) in [6, 6.07) is 1.59. The fourth-order valence-electron chi connectivity index (χ4n) is 3.35. The molecule has 5 N–H and O–H groups in total. The van der Waals surface area contributed by atoms with Crippen LogP contribution in [0.1, 0.15) is 31.6 Å². The minimum Gasteiger partial charge on any atom is -0.467 e. The summed E-state index contributed by atoms with van der Waals surface area (Å²) in [5.41, 5.74) is -2.07. The lowest BCUT2D eigenvalue weighted by molar-refractivity contribution is -0.162. The van der Waals surface area contributed by atoms with Crippen molar-refractivity contribution in [3.63, 3.8) is 0 Å². The van der Waals surface area contributed by atoms with Crippen LogP contribution in [0.4, 0.5) is 0 Å². The van der Waals surface area contributed by atoms with Crippen LogP contribution in [0, 0.1) is 5.92 Å². The SMILES string of the molecule is COC(=O)[C@H](NC(=O)[C@]1(O)C[C@@H](O)[C@H](O)[C@@H](NC(=O)Cc2cccs2)C1)C(C)C. The number of carbonyl (C=O) groups is 3. The fraction of sp³-hybridized carbons (Fsp3) is 0.632. The summed E-state index contributed by atoms with van der Waals surface area (Å²) in [5.74, 6) is -2.22. The van der Waals surface area contributed by atoms with Crippen molar-refractivity contribution < 1.29 is 34.4 Å². The largest absolute Gasteiger partial charge is 0.467 e. The van der Waals surface area contributed by atoms with Crippen molar-refractivity contribution in [3.8, 4) is 0 Å². The van der Waals surface area contributed by atoms with Gasteiger partial charge in [0.05, 0.1) is 25.7 Å². The molecule has 2 amide bonds. The summed E-state index contributed by atoms with van der Waals surface area (Å²) >= 11 is 1.40. The summed E-state index contributed by atoms with van der Waals surface area (Å²) in [6.07, 6.45) is -3.42. The Morgan fingerprint density at radius 2 is 2.00 bits per heavy atom. The van der Waals surface area contributed by atoms with Crippen LogP contribution in [0.3, 0.4) is 0 Å². The van der Waals surface area contributed by atoms with Crippen LogP contribution in [0.15, 0.2) is 17.5 Å². The van der Waals surface area contributed by atoms with Gasteiger partial charge in [0.15, 0.2) is 0 Å². The lowest BCUT2D eigenvalue weighted by atomic mass is 9.77. The summed E-state index contributed by atoms with van der Waals surface area (Å²) in [5, 5.41) is 38.2. The zero-order valence-electron chi connectivity index (χ0n) is 16.6. The molecule has 0 spiro atoms. The number of rotatable bonds is 7. The molecule has 5 atom stereocenters. The molecule has 1 fully saturated rings. The van der Waals surface area contributed by atoms with Gasteiger partial charge in [-0.05, 0) is 17.4 Å². The van der Waals surface area contributed by atoms with E-state index >= 15 is 0 Å². The maximum absolute atomic E-state index is 12.7. The maximum atomic E-state index is 12.7. The highest BCUT2D eigenvalue weighted by molar-refractivity contribution is 7.10. The van der Waals surface area contributed by atoms with E-state index in [2.05, 4.69) is 15.4 Å². The third-order valence-electron chi connectivity index (χ3n) is 5.00. The Hall–Kier alpha value is -2.01. The van der Waals surface area contributed by atoms with Gasteiger partial charge in [0, 0.05) is 17.7 Å². The van der Waals surface area contributed by atoms with Crippen LogP contribution >= 0.6 is 11.3 Å². The molecule has 0 aliphatic heterocycles. The zero-order chi connectivity index (χ0) is 21.8. The van der Waals surface area contributed by atoms with Gasteiger partial charge in [-0.3, -0.25) is 9.59 Å². The molecule has 0 aromatic carbocycles. The molecule has 1 aromatic rings. The van der Waals surface area contributed by atoms with Crippen LogP contribution in [0.2, 0.25) is 0 Å². The Bertz CT molecular complexity index is 724. The van der Waals surface area contributed by atoms with Crippen molar-refractivity contribution in [2.45, 2.75) is 63.0 Å². The average molecular weight is 429 g/mol. The molecule has 29 heavy (non-hydrogen) atoms. The molecule has 1 heterocycles. The van der Waals surface area contributed by atoms with E-state index in [0.717, 1.165) is 4.88 Å². The van der Waals surface area contributed by atoms with Gasteiger partial charge in [-0.2, -0.15) is 0 Å². The second kappa shape index (κ2) is 9.66. The number of aliphatic hydroxyl groups is 3. The molecule has 162 valence electrons.